The van der Waals surface area contributed by atoms with Crippen LogP contribution in [-0.4, -0.2) is 55.1 Å². The van der Waals surface area contributed by atoms with Gasteiger partial charge in [0.05, 0.1) is 27.5 Å². The second-order valence-corrected chi connectivity index (χ2v) is 11.2. The molecule has 37 heavy (non-hydrogen) atoms. The van der Waals surface area contributed by atoms with Gasteiger partial charge < -0.3 is 13.9 Å². The summed E-state index contributed by atoms with van der Waals surface area (Å²) in [6, 6.07) is 4.79. The van der Waals surface area contributed by atoms with Crippen molar-refractivity contribution in [3.8, 4) is 5.75 Å². The van der Waals surface area contributed by atoms with E-state index in [1.165, 1.54) is 11.6 Å². The molecule has 2 aromatic rings. The summed E-state index contributed by atoms with van der Waals surface area (Å²) in [6.07, 6.45) is 2.46. The van der Waals surface area contributed by atoms with E-state index in [4.69, 9.17) is 48.8 Å². The SMILES string of the molecule is C=CCl.CC.CS(=O)(=O)Oc1cccc(Cl)c1C1CC(c2csc(C3CCN(C(=O)CCl)CC3)n2)=NO1. The van der Waals surface area contributed by atoms with Gasteiger partial charge >= 0.3 is 10.1 Å². The van der Waals surface area contributed by atoms with Gasteiger partial charge in [-0.3, -0.25) is 4.79 Å². The van der Waals surface area contributed by atoms with Crippen molar-refractivity contribution in [2.45, 2.75) is 45.1 Å². The maximum Gasteiger partial charge on any atom is 0.306 e. The second-order valence-electron chi connectivity index (χ2n) is 7.79. The van der Waals surface area contributed by atoms with Gasteiger partial charge in [0, 0.05) is 30.8 Å². The van der Waals surface area contributed by atoms with Crippen LogP contribution in [0.2, 0.25) is 5.02 Å². The van der Waals surface area contributed by atoms with E-state index in [2.05, 4.69) is 11.7 Å². The fourth-order valence-electron chi connectivity index (χ4n) is 3.82. The van der Waals surface area contributed by atoms with Crippen LogP contribution in [0.25, 0.3) is 0 Å². The van der Waals surface area contributed by atoms with Crippen molar-refractivity contribution in [1.29, 1.82) is 0 Å². The lowest BCUT2D eigenvalue weighted by Gasteiger charge is -2.30. The number of piperidine rings is 1. The Morgan fingerprint density at radius 3 is 2.57 bits per heavy atom. The van der Waals surface area contributed by atoms with E-state index in [0.717, 1.165) is 29.8 Å². The van der Waals surface area contributed by atoms with E-state index >= 15 is 0 Å². The van der Waals surface area contributed by atoms with Gasteiger partial charge in [-0.2, -0.15) is 8.42 Å². The van der Waals surface area contributed by atoms with Crippen molar-refractivity contribution in [2.24, 2.45) is 5.16 Å². The van der Waals surface area contributed by atoms with Crippen LogP contribution in [0.5, 0.6) is 5.75 Å². The van der Waals surface area contributed by atoms with Gasteiger partial charge in [-0.15, -0.1) is 22.9 Å². The minimum Gasteiger partial charge on any atom is -0.387 e. The van der Waals surface area contributed by atoms with Crippen LogP contribution in [-0.2, 0) is 19.8 Å². The molecule has 1 aromatic heterocycles. The summed E-state index contributed by atoms with van der Waals surface area (Å²) in [5.74, 6) is 0.381. The first-order valence-electron chi connectivity index (χ1n) is 11.6. The highest BCUT2D eigenvalue weighted by Gasteiger charge is 2.32. The topological polar surface area (TPSA) is 98.2 Å². The van der Waals surface area contributed by atoms with Crippen LogP contribution in [0.3, 0.4) is 0 Å². The monoisotopic (exact) mass is 609 g/mol. The Morgan fingerprint density at radius 2 is 1.97 bits per heavy atom. The summed E-state index contributed by atoms with van der Waals surface area (Å²) in [5, 5.41) is 7.46. The van der Waals surface area contributed by atoms with Gasteiger partial charge in [0.1, 0.15) is 11.6 Å². The minimum absolute atomic E-state index is 0.00935. The number of carbonyl (C=O) groups is 1. The number of hydrogen-bond donors (Lipinski definition) is 0. The van der Waals surface area contributed by atoms with Crippen molar-refractivity contribution < 1.29 is 22.2 Å². The highest BCUT2D eigenvalue weighted by molar-refractivity contribution is 7.86. The first-order chi connectivity index (χ1) is 17.7. The number of carbonyl (C=O) groups excluding carboxylic acids is 1. The van der Waals surface area contributed by atoms with Gasteiger partial charge in [0.25, 0.3) is 0 Å². The molecule has 0 bridgehead atoms. The number of aromatic nitrogens is 1. The van der Waals surface area contributed by atoms with E-state index in [1.54, 1.807) is 28.4 Å². The van der Waals surface area contributed by atoms with Crippen LogP contribution in [0.15, 0.2) is 40.8 Å². The molecule has 2 aliphatic rings. The summed E-state index contributed by atoms with van der Waals surface area (Å²) in [7, 11) is -3.73. The molecule has 8 nitrogen and oxygen atoms in total. The van der Waals surface area contributed by atoms with Gasteiger partial charge in [-0.05, 0) is 30.5 Å². The molecule has 2 aliphatic heterocycles. The second kappa shape index (κ2) is 14.9. The molecule has 4 rings (SSSR count). The molecule has 0 radical (unpaired) electrons. The molecular weight excluding hydrogens is 581 g/mol. The van der Waals surface area contributed by atoms with Crippen molar-refractivity contribution >= 4 is 67.9 Å². The predicted molar refractivity (Wildman–Crippen MR) is 151 cm³/mol. The lowest BCUT2D eigenvalue weighted by atomic mass is 9.97. The van der Waals surface area contributed by atoms with Crippen LogP contribution < -0.4 is 4.18 Å². The van der Waals surface area contributed by atoms with Gasteiger partial charge in [0.15, 0.2) is 11.9 Å². The Labute approximate surface area is 237 Å². The maximum atomic E-state index is 11.8. The Balaban J connectivity index is 0.000000898. The maximum absolute atomic E-state index is 11.8. The predicted octanol–water partition coefficient (Wildman–Crippen LogP) is 6.34. The molecular formula is C24H30Cl3N3O5S2. The Kier molecular flexibility index (Phi) is 12.7. The number of halogens is 3. The standard InChI is InChI=1S/C20H21Cl2N3O5S2.C2H3Cl.C2H6/c1-32(27,28)30-16-4-2-3-13(22)19(16)17-9-14(24-29-17)15-11-31-20(23-15)12-5-7-25(8-6-12)18(26)10-21;1-2-3;1-2/h2-4,11-12,17H,5-10H2,1H3;2H,1H2;1-2H3. The van der Waals surface area contributed by atoms with Crippen LogP contribution >= 0.6 is 46.1 Å². The summed E-state index contributed by atoms with van der Waals surface area (Å²) in [6.45, 7) is 8.47. The first kappa shape index (κ1) is 31.4. The van der Waals surface area contributed by atoms with E-state index in [0.29, 0.717) is 35.8 Å². The van der Waals surface area contributed by atoms with E-state index in [1.807, 2.05) is 19.2 Å². The smallest absolute Gasteiger partial charge is 0.306 e. The largest absolute Gasteiger partial charge is 0.387 e. The third-order valence-electron chi connectivity index (χ3n) is 5.37. The number of benzene rings is 1. The third kappa shape index (κ3) is 8.85. The fourth-order valence-corrected chi connectivity index (χ4v) is 5.75. The summed E-state index contributed by atoms with van der Waals surface area (Å²) >= 11 is 18.3. The first-order valence-corrected chi connectivity index (χ1v) is 15.6. The Bertz CT molecular complexity index is 1200. The van der Waals surface area contributed by atoms with Gasteiger partial charge in [-0.1, -0.05) is 54.9 Å². The van der Waals surface area contributed by atoms with Crippen LogP contribution in [0, 0.1) is 0 Å². The molecule has 0 N–H and O–H groups in total. The molecule has 1 aromatic carbocycles. The number of rotatable bonds is 6. The number of amides is 1. The average Bonchev–Trinajstić information content (AvgIpc) is 3.55. The average molecular weight is 611 g/mol. The quantitative estimate of drug-likeness (QED) is 0.280. The molecule has 13 heteroatoms. The lowest BCUT2D eigenvalue weighted by Crippen LogP contribution is -2.38. The zero-order valence-electron chi connectivity index (χ0n) is 20.8. The molecule has 1 fully saturated rings. The molecule has 204 valence electrons. The van der Waals surface area contributed by atoms with Crippen molar-refractivity contribution in [1.82, 2.24) is 9.88 Å². The van der Waals surface area contributed by atoms with Crippen molar-refractivity contribution in [2.75, 3.05) is 25.2 Å². The van der Waals surface area contributed by atoms with Gasteiger partial charge in [0.2, 0.25) is 5.91 Å². The fraction of sp³-hybridized carbons (Fsp3) is 0.458. The highest BCUT2D eigenvalue weighted by Crippen LogP contribution is 2.40. The molecule has 1 saturated heterocycles. The summed E-state index contributed by atoms with van der Waals surface area (Å²) in [5.41, 5.74) is 3.05. The minimum atomic E-state index is -3.73. The number of likely N-dealkylation sites (tertiary alicyclic amines) is 1. The summed E-state index contributed by atoms with van der Waals surface area (Å²) in [4.78, 5) is 23.9. The van der Waals surface area contributed by atoms with Gasteiger partial charge in [-0.25, -0.2) is 4.98 Å². The van der Waals surface area contributed by atoms with Crippen LogP contribution in [0.1, 0.15) is 61.4 Å². The highest BCUT2D eigenvalue weighted by atomic mass is 35.5. The molecule has 1 amide bonds. The van der Waals surface area contributed by atoms with E-state index in [-0.39, 0.29) is 23.5 Å². The van der Waals surface area contributed by atoms with E-state index in [9.17, 15) is 13.2 Å². The summed E-state index contributed by atoms with van der Waals surface area (Å²) < 4.78 is 28.3. The van der Waals surface area contributed by atoms with Crippen molar-refractivity contribution in [3.05, 3.63) is 57.0 Å². The number of thiazole rings is 1. The molecule has 0 aliphatic carbocycles. The number of hydrogen-bond acceptors (Lipinski definition) is 8. The molecule has 0 spiro atoms. The zero-order chi connectivity index (χ0) is 27.6. The number of nitrogens with zero attached hydrogens (tertiary/aromatic N) is 3. The normalized spacial score (nSPS) is 17.4. The lowest BCUT2D eigenvalue weighted by molar-refractivity contribution is -0.129. The third-order valence-corrected chi connectivity index (χ3v) is 7.42. The van der Waals surface area contributed by atoms with Crippen molar-refractivity contribution in [3.63, 3.8) is 0 Å². The molecule has 1 atom stereocenters. The molecule has 1 unspecified atom stereocenters. The molecule has 3 heterocycles. The Morgan fingerprint density at radius 1 is 1.32 bits per heavy atom. The van der Waals surface area contributed by atoms with Crippen LogP contribution in [0.4, 0.5) is 0 Å². The number of alkyl halides is 1. The number of oxime groups is 1. The Hall–Kier alpha value is -1.85. The van der Waals surface area contributed by atoms with E-state index < -0.39 is 16.2 Å². The zero-order valence-corrected chi connectivity index (χ0v) is 24.7. The molecule has 0 saturated carbocycles.